The molecule has 3 amide bonds. The molecule has 0 spiro atoms. The van der Waals surface area contributed by atoms with Gasteiger partial charge in [-0.15, -0.1) is 0 Å². The number of unbranched alkanes of at least 4 members (excludes halogenated alkanes) is 1. The molecule has 0 saturated carbocycles. The van der Waals surface area contributed by atoms with Crippen molar-refractivity contribution >= 4 is 24.0 Å². The van der Waals surface area contributed by atoms with E-state index in [1.54, 1.807) is 17.1 Å². The number of ether oxygens (including phenoxy) is 1. The normalized spacial score (nSPS) is 19.7. The van der Waals surface area contributed by atoms with E-state index in [0.29, 0.717) is 63.1 Å². The average molecular weight is 819 g/mol. The smallest absolute Gasteiger partial charge is 0.254 e. The number of aliphatic hydroxyl groups is 1. The first-order chi connectivity index (χ1) is 28.9. The van der Waals surface area contributed by atoms with Crippen LogP contribution in [0.4, 0.5) is 0 Å². The SMILES string of the molecule is C=C\C=C/C=C/C(CC)=C(\C(=C)/C=C\C(=C)OCCCCC(=O)CN1CCN(C(=C)/C=C\C2=CCN(C(C)CCC(=O)NC=O)C2=O)CC1)C1=C2CCCC(=C1)CC(O)C2. The number of ketones is 1. The van der Waals surface area contributed by atoms with E-state index in [2.05, 4.69) is 60.5 Å². The van der Waals surface area contributed by atoms with Crippen LogP contribution < -0.4 is 5.32 Å². The van der Waals surface area contributed by atoms with Gasteiger partial charge in [-0.2, -0.15) is 0 Å². The van der Waals surface area contributed by atoms with Gasteiger partial charge in [0.1, 0.15) is 11.5 Å². The molecular weight excluding hydrogens is 753 g/mol. The molecule has 1 fully saturated rings. The molecule has 0 aromatic rings. The lowest BCUT2D eigenvalue weighted by Crippen LogP contribution is -2.47. The monoisotopic (exact) mass is 818 g/mol. The van der Waals surface area contributed by atoms with Crippen LogP contribution in [0.25, 0.3) is 0 Å². The van der Waals surface area contributed by atoms with Crippen molar-refractivity contribution in [3.8, 4) is 0 Å². The second-order valence-corrected chi connectivity index (χ2v) is 15.9. The molecule has 10 heteroatoms. The number of carbonyl (C=O) groups is 4. The van der Waals surface area contributed by atoms with Crippen molar-refractivity contribution in [3.05, 3.63) is 144 Å². The maximum Gasteiger partial charge on any atom is 0.254 e. The Morgan fingerprint density at radius 3 is 2.52 bits per heavy atom. The molecule has 322 valence electrons. The van der Waals surface area contributed by atoms with Crippen LogP contribution in [0.5, 0.6) is 0 Å². The number of nitrogens with zero attached hydrogens (tertiary/aromatic N) is 3. The van der Waals surface area contributed by atoms with Gasteiger partial charge in [-0.3, -0.25) is 29.4 Å². The van der Waals surface area contributed by atoms with Crippen LogP contribution in [0.3, 0.4) is 0 Å². The Hall–Kier alpha value is -5.32. The zero-order valence-electron chi connectivity index (χ0n) is 36.0. The highest BCUT2D eigenvalue weighted by Gasteiger charge is 2.28. The van der Waals surface area contributed by atoms with Crippen LogP contribution in [0.2, 0.25) is 0 Å². The number of imide groups is 1. The van der Waals surface area contributed by atoms with Crippen LogP contribution in [0.1, 0.15) is 84.5 Å². The summed E-state index contributed by atoms with van der Waals surface area (Å²) in [6, 6.07) is -0.135. The molecule has 10 nitrogen and oxygen atoms in total. The minimum atomic E-state index is -0.355. The highest BCUT2D eigenvalue weighted by Crippen LogP contribution is 2.40. The number of allylic oxidation sites excluding steroid dienone is 13. The Bertz CT molecular complexity index is 1880. The van der Waals surface area contributed by atoms with Crippen molar-refractivity contribution in [2.75, 3.05) is 45.9 Å². The molecule has 0 radical (unpaired) electrons. The molecule has 2 N–H and O–H groups in total. The maximum absolute atomic E-state index is 13.0. The molecule has 1 saturated heterocycles. The molecule has 0 aromatic carbocycles. The summed E-state index contributed by atoms with van der Waals surface area (Å²) < 4.78 is 5.95. The molecular formula is C50H66N4O6. The molecule has 4 aliphatic rings. The summed E-state index contributed by atoms with van der Waals surface area (Å²) in [5.74, 6) is 0.319. The predicted octanol–water partition coefficient (Wildman–Crippen LogP) is 7.83. The first kappa shape index (κ1) is 47.4. The maximum atomic E-state index is 13.0. The van der Waals surface area contributed by atoms with E-state index in [1.807, 2.05) is 49.5 Å². The Kier molecular flexibility index (Phi) is 19.5. The number of Topliss-reactive ketones (excluding diaryl/α,β-unsaturated/α-hetero) is 1. The summed E-state index contributed by atoms with van der Waals surface area (Å²) in [5, 5.41) is 12.8. The number of aliphatic hydroxyl groups excluding tert-OH is 1. The van der Waals surface area contributed by atoms with Gasteiger partial charge in [0.2, 0.25) is 12.3 Å². The summed E-state index contributed by atoms with van der Waals surface area (Å²) >= 11 is 0. The third-order valence-corrected chi connectivity index (χ3v) is 11.4. The first-order valence-electron chi connectivity index (χ1n) is 21.5. The van der Waals surface area contributed by atoms with Gasteiger partial charge in [-0.1, -0.05) is 93.0 Å². The van der Waals surface area contributed by atoms with Crippen molar-refractivity contribution in [1.29, 1.82) is 0 Å². The van der Waals surface area contributed by atoms with Crippen LogP contribution in [-0.2, 0) is 23.9 Å². The number of fused-ring (bicyclic) bond motifs is 1. The standard InChI is InChI=1S/C50H66N4O6/c1-7-9-10-11-16-42(8-2)49(47-33-41-15-14-17-44(47)34-46(57)32-41)37(3)19-22-40(6)60-31-13-12-18-45(56)35-52-27-29-53(30-28-52)38(4)20-23-43-25-26-54(50(43)59)39(5)21-24-48(58)51-36-55/h7,9-11,16,19-20,22-23,25,33,36,39,46,57H,1,3-4,6,8,12-15,17-18,21,24,26-32,34-35H2,2,5H3,(H,51,55,58)/b10-9-,16-11+,22-19-,23-20-,49-42+. The summed E-state index contributed by atoms with van der Waals surface area (Å²) in [6.45, 7) is 25.0. The summed E-state index contributed by atoms with van der Waals surface area (Å²) in [6.07, 6.45) is 29.4. The zero-order valence-corrected chi connectivity index (χ0v) is 36.0. The molecule has 2 bridgehead atoms. The molecule has 0 aromatic heterocycles. The quantitative estimate of drug-likeness (QED) is 0.0438. The topological polar surface area (TPSA) is 119 Å². The van der Waals surface area contributed by atoms with Gasteiger partial charge in [0.05, 0.1) is 19.3 Å². The molecule has 2 unspecified atom stereocenters. The van der Waals surface area contributed by atoms with Crippen molar-refractivity contribution in [3.63, 3.8) is 0 Å². The lowest BCUT2D eigenvalue weighted by Gasteiger charge is -2.36. The van der Waals surface area contributed by atoms with E-state index in [4.69, 9.17) is 4.74 Å². The fourth-order valence-electron chi connectivity index (χ4n) is 8.02. The Morgan fingerprint density at radius 2 is 1.78 bits per heavy atom. The number of nitrogens with one attached hydrogen (secondary N) is 1. The first-order valence-corrected chi connectivity index (χ1v) is 21.5. The van der Waals surface area contributed by atoms with E-state index in [1.165, 1.54) is 22.3 Å². The van der Waals surface area contributed by atoms with Gasteiger partial charge in [-0.25, -0.2) is 0 Å². The second-order valence-electron chi connectivity index (χ2n) is 15.9. The van der Waals surface area contributed by atoms with Gasteiger partial charge in [0.25, 0.3) is 5.91 Å². The van der Waals surface area contributed by atoms with Gasteiger partial charge in [0.15, 0.2) is 0 Å². The Balaban J connectivity index is 1.17. The zero-order chi connectivity index (χ0) is 43.4. The minimum Gasteiger partial charge on any atom is -0.494 e. The number of rotatable bonds is 24. The number of carbonyl (C=O) groups excluding carboxylic acids is 4. The summed E-state index contributed by atoms with van der Waals surface area (Å²) in [4.78, 5) is 54.0. The van der Waals surface area contributed by atoms with E-state index in [9.17, 15) is 24.3 Å². The largest absolute Gasteiger partial charge is 0.494 e. The van der Waals surface area contributed by atoms with Gasteiger partial charge in [-0.05, 0) is 105 Å². The molecule has 4 rings (SSSR count). The Morgan fingerprint density at radius 1 is 1.00 bits per heavy atom. The highest BCUT2D eigenvalue weighted by atomic mass is 16.5. The average Bonchev–Trinajstić information content (AvgIpc) is 3.38. The van der Waals surface area contributed by atoms with E-state index < -0.39 is 0 Å². The molecule has 60 heavy (non-hydrogen) atoms. The van der Waals surface area contributed by atoms with Crippen LogP contribution in [-0.4, -0.2) is 102 Å². The molecule has 2 aliphatic carbocycles. The van der Waals surface area contributed by atoms with E-state index >= 15 is 0 Å². The number of amides is 3. The van der Waals surface area contributed by atoms with Gasteiger partial charge < -0.3 is 19.6 Å². The molecule has 2 atom stereocenters. The van der Waals surface area contributed by atoms with Crippen LogP contribution >= 0.6 is 0 Å². The van der Waals surface area contributed by atoms with Crippen molar-refractivity contribution < 1.29 is 29.0 Å². The number of piperazine rings is 1. The second kappa shape index (κ2) is 24.7. The van der Waals surface area contributed by atoms with Crippen molar-refractivity contribution in [2.24, 2.45) is 0 Å². The van der Waals surface area contributed by atoms with E-state index in [-0.39, 0.29) is 36.2 Å². The van der Waals surface area contributed by atoms with Crippen molar-refractivity contribution in [1.82, 2.24) is 20.0 Å². The van der Waals surface area contributed by atoms with Crippen LogP contribution in [0.15, 0.2) is 144 Å². The number of hydrogen-bond acceptors (Lipinski definition) is 8. The van der Waals surface area contributed by atoms with E-state index in [0.717, 1.165) is 81.5 Å². The summed E-state index contributed by atoms with van der Waals surface area (Å²) in [7, 11) is 0. The molecule has 2 heterocycles. The molecule has 2 aliphatic heterocycles. The Labute approximate surface area is 358 Å². The third-order valence-electron chi connectivity index (χ3n) is 11.4. The predicted molar refractivity (Wildman–Crippen MR) is 241 cm³/mol. The van der Waals surface area contributed by atoms with Crippen LogP contribution in [0, 0.1) is 0 Å². The highest BCUT2D eigenvalue weighted by molar-refractivity contribution is 5.98. The van der Waals surface area contributed by atoms with Gasteiger partial charge >= 0.3 is 0 Å². The van der Waals surface area contributed by atoms with Gasteiger partial charge in [0, 0.05) is 62.9 Å². The van der Waals surface area contributed by atoms with Crippen molar-refractivity contribution in [2.45, 2.75) is 96.6 Å². The minimum absolute atomic E-state index is 0.0861. The summed E-state index contributed by atoms with van der Waals surface area (Å²) in [5.41, 5.74) is 8.33. The number of hydrogen-bond donors (Lipinski definition) is 2. The third kappa shape index (κ3) is 14.7. The fraction of sp³-hybridized carbons (Fsp3) is 0.440. The fourth-order valence-corrected chi connectivity index (χ4v) is 8.02. The lowest BCUT2D eigenvalue weighted by atomic mass is 9.86. The lowest BCUT2D eigenvalue weighted by molar-refractivity contribution is -0.129.